The molecular weight excluding hydrogens is 404 g/mol. The van der Waals surface area contributed by atoms with Gasteiger partial charge in [-0.05, 0) is 18.6 Å². The van der Waals surface area contributed by atoms with E-state index in [1.807, 2.05) is 15.8 Å². The van der Waals surface area contributed by atoms with E-state index in [1.54, 1.807) is 41.3 Å². The topological polar surface area (TPSA) is 97.4 Å². The third kappa shape index (κ3) is 4.24. The lowest BCUT2D eigenvalue weighted by molar-refractivity contribution is -0.384. The minimum atomic E-state index is -0.414. The molecule has 0 radical (unpaired) electrons. The maximum absolute atomic E-state index is 12.7. The lowest BCUT2D eigenvalue weighted by atomic mass is 10.1. The van der Waals surface area contributed by atoms with Crippen LogP contribution in [0, 0.1) is 10.1 Å². The Labute approximate surface area is 177 Å². The van der Waals surface area contributed by atoms with Crippen LogP contribution in [0.15, 0.2) is 41.5 Å². The van der Waals surface area contributed by atoms with Gasteiger partial charge in [-0.25, -0.2) is 9.97 Å². The third-order valence-corrected chi connectivity index (χ3v) is 5.89. The standard InChI is InChI=1S/C20H22N6O3S/c1-23-8-5-21-20(23)19(27)15-3-4-17(18(11-15)26(28)29)25-7-2-6-24(9-10-25)12-16-13-30-14-22-16/h3-5,8,11,13-14H,2,6-7,9-10,12H2,1H3. The number of thiazole rings is 1. The molecule has 0 spiro atoms. The number of rotatable bonds is 6. The van der Waals surface area contributed by atoms with E-state index in [9.17, 15) is 14.9 Å². The van der Waals surface area contributed by atoms with Crippen molar-refractivity contribution in [1.29, 1.82) is 0 Å². The van der Waals surface area contributed by atoms with Crippen LogP contribution in [-0.4, -0.2) is 56.3 Å². The maximum atomic E-state index is 12.7. The molecule has 9 nitrogen and oxygen atoms in total. The molecule has 156 valence electrons. The van der Waals surface area contributed by atoms with Crippen molar-refractivity contribution >= 4 is 28.5 Å². The summed E-state index contributed by atoms with van der Waals surface area (Å²) in [6.07, 6.45) is 4.10. The number of hydrogen-bond acceptors (Lipinski definition) is 8. The molecule has 1 saturated heterocycles. The van der Waals surface area contributed by atoms with Crippen LogP contribution < -0.4 is 4.90 Å². The first-order valence-electron chi connectivity index (χ1n) is 9.68. The Morgan fingerprint density at radius 2 is 2.10 bits per heavy atom. The van der Waals surface area contributed by atoms with Crippen molar-refractivity contribution in [3.63, 3.8) is 0 Å². The van der Waals surface area contributed by atoms with Gasteiger partial charge >= 0.3 is 0 Å². The molecule has 0 atom stereocenters. The zero-order valence-electron chi connectivity index (χ0n) is 16.6. The van der Waals surface area contributed by atoms with Crippen molar-refractivity contribution in [1.82, 2.24) is 19.4 Å². The second-order valence-electron chi connectivity index (χ2n) is 7.25. The number of ketones is 1. The van der Waals surface area contributed by atoms with E-state index in [0.29, 0.717) is 12.2 Å². The number of nitro benzene ring substituents is 1. The van der Waals surface area contributed by atoms with Gasteiger partial charge in [0.2, 0.25) is 5.78 Å². The third-order valence-electron chi connectivity index (χ3n) is 5.26. The highest BCUT2D eigenvalue weighted by atomic mass is 32.1. The Morgan fingerprint density at radius 3 is 2.80 bits per heavy atom. The van der Waals surface area contributed by atoms with E-state index in [-0.39, 0.29) is 22.9 Å². The van der Waals surface area contributed by atoms with Crippen molar-refractivity contribution in [2.45, 2.75) is 13.0 Å². The number of anilines is 1. The van der Waals surface area contributed by atoms with E-state index in [1.165, 1.54) is 12.3 Å². The molecule has 30 heavy (non-hydrogen) atoms. The van der Waals surface area contributed by atoms with Gasteiger partial charge in [0.25, 0.3) is 5.69 Å². The number of nitro groups is 1. The summed E-state index contributed by atoms with van der Waals surface area (Å²) in [6.45, 7) is 3.90. The highest BCUT2D eigenvalue weighted by molar-refractivity contribution is 7.07. The van der Waals surface area contributed by atoms with Crippen molar-refractivity contribution in [3.8, 4) is 0 Å². The second-order valence-corrected chi connectivity index (χ2v) is 7.97. The van der Waals surface area contributed by atoms with Gasteiger partial charge in [-0.15, -0.1) is 11.3 Å². The highest BCUT2D eigenvalue weighted by Crippen LogP contribution is 2.31. The van der Waals surface area contributed by atoms with Crippen molar-refractivity contribution in [2.24, 2.45) is 7.05 Å². The first kappa shape index (κ1) is 20.2. The smallest absolute Gasteiger partial charge is 0.293 e. The molecule has 0 saturated carbocycles. The summed E-state index contributed by atoms with van der Waals surface area (Å²) in [5.41, 5.74) is 3.64. The van der Waals surface area contributed by atoms with E-state index in [0.717, 1.165) is 38.3 Å². The van der Waals surface area contributed by atoms with Crippen LogP contribution in [-0.2, 0) is 13.6 Å². The predicted molar refractivity (Wildman–Crippen MR) is 114 cm³/mol. The zero-order chi connectivity index (χ0) is 21.1. The average molecular weight is 427 g/mol. The molecule has 0 aliphatic carbocycles. The maximum Gasteiger partial charge on any atom is 0.293 e. The van der Waals surface area contributed by atoms with Gasteiger partial charge in [0, 0.05) is 69.2 Å². The van der Waals surface area contributed by atoms with Crippen LogP contribution in [0.2, 0.25) is 0 Å². The van der Waals surface area contributed by atoms with Crippen LogP contribution >= 0.6 is 11.3 Å². The Balaban J connectivity index is 1.54. The predicted octanol–water partition coefficient (Wildman–Crippen LogP) is 2.73. The van der Waals surface area contributed by atoms with Crippen molar-refractivity contribution < 1.29 is 9.72 Å². The van der Waals surface area contributed by atoms with E-state index in [2.05, 4.69) is 14.9 Å². The fourth-order valence-corrected chi connectivity index (χ4v) is 4.26. The summed E-state index contributed by atoms with van der Waals surface area (Å²) in [4.78, 5) is 36.8. The molecule has 10 heteroatoms. The number of carbonyl (C=O) groups excluding carboxylic acids is 1. The van der Waals surface area contributed by atoms with Gasteiger partial charge in [-0.3, -0.25) is 19.8 Å². The van der Waals surface area contributed by atoms with E-state index >= 15 is 0 Å². The van der Waals surface area contributed by atoms with Crippen LogP contribution in [0.25, 0.3) is 0 Å². The lowest BCUT2D eigenvalue weighted by Gasteiger charge is -2.23. The van der Waals surface area contributed by atoms with Gasteiger partial charge < -0.3 is 9.47 Å². The Kier molecular flexibility index (Phi) is 5.86. The summed E-state index contributed by atoms with van der Waals surface area (Å²) in [6, 6.07) is 4.70. The Hall–Kier alpha value is -3.11. The lowest BCUT2D eigenvalue weighted by Crippen LogP contribution is -2.31. The molecule has 1 aromatic carbocycles. The highest BCUT2D eigenvalue weighted by Gasteiger charge is 2.25. The SMILES string of the molecule is Cn1ccnc1C(=O)c1ccc(N2CCCN(Cc3cscn3)CC2)c([N+](=O)[O-])c1. The number of aromatic nitrogens is 3. The van der Waals surface area contributed by atoms with Gasteiger partial charge in [0.15, 0.2) is 5.82 Å². The van der Waals surface area contributed by atoms with E-state index in [4.69, 9.17) is 0 Å². The summed E-state index contributed by atoms with van der Waals surface area (Å²) >= 11 is 1.58. The summed E-state index contributed by atoms with van der Waals surface area (Å²) < 4.78 is 1.60. The zero-order valence-corrected chi connectivity index (χ0v) is 17.4. The largest absolute Gasteiger partial charge is 0.365 e. The first-order chi connectivity index (χ1) is 14.5. The first-order valence-corrected chi connectivity index (χ1v) is 10.6. The molecular formula is C20H22N6O3S. The number of hydrogen-bond donors (Lipinski definition) is 0. The van der Waals surface area contributed by atoms with Crippen LogP contribution in [0.3, 0.4) is 0 Å². The number of benzene rings is 1. The Morgan fingerprint density at radius 1 is 1.23 bits per heavy atom. The summed E-state index contributed by atoms with van der Waals surface area (Å²) in [7, 11) is 1.72. The second kappa shape index (κ2) is 8.72. The van der Waals surface area contributed by atoms with Gasteiger partial charge in [-0.2, -0.15) is 0 Å². The quantitative estimate of drug-likeness (QED) is 0.340. The molecule has 0 bridgehead atoms. The Bertz CT molecular complexity index is 1050. The molecule has 2 aromatic heterocycles. The minimum Gasteiger partial charge on any atom is -0.365 e. The average Bonchev–Trinajstić information content (AvgIpc) is 3.34. The molecule has 1 aliphatic heterocycles. The number of aryl methyl sites for hydroxylation is 1. The molecule has 3 aromatic rings. The number of imidazole rings is 1. The fourth-order valence-electron chi connectivity index (χ4n) is 3.71. The van der Waals surface area contributed by atoms with Gasteiger partial charge in [0.05, 0.1) is 16.1 Å². The molecule has 1 fully saturated rings. The molecule has 4 rings (SSSR count). The molecule has 0 N–H and O–H groups in total. The molecule has 0 unspecified atom stereocenters. The van der Waals surface area contributed by atoms with Crippen LogP contribution in [0.5, 0.6) is 0 Å². The van der Waals surface area contributed by atoms with Crippen LogP contribution in [0.4, 0.5) is 11.4 Å². The number of carbonyl (C=O) groups is 1. The van der Waals surface area contributed by atoms with Crippen molar-refractivity contribution in [2.75, 3.05) is 31.1 Å². The van der Waals surface area contributed by atoms with Gasteiger partial charge in [0.1, 0.15) is 5.69 Å². The summed E-state index contributed by atoms with van der Waals surface area (Å²) in [5.74, 6) is -0.0769. The molecule has 0 amide bonds. The minimum absolute atomic E-state index is 0.0528. The number of nitrogens with zero attached hydrogens (tertiary/aromatic N) is 6. The normalized spacial score (nSPS) is 15.2. The molecule has 1 aliphatic rings. The monoisotopic (exact) mass is 426 g/mol. The van der Waals surface area contributed by atoms with E-state index < -0.39 is 4.92 Å². The van der Waals surface area contributed by atoms with Crippen molar-refractivity contribution in [3.05, 3.63) is 68.7 Å². The van der Waals surface area contributed by atoms with Gasteiger partial charge in [-0.1, -0.05) is 0 Å². The summed E-state index contributed by atoms with van der Waals surface area (Å²) in [5, 5.41) is 13.8. The molecule has 3 heterocycles. The fraction of sp³-hybridized carbons (Fsp3) is 0.350. The van der Waals surface area contributed by atoms with Crippen LogP contribution in [0.1, 0.15) is 28.3 Å².